The SMILES string of the molecule is Cc1cc(C)cc(Cc2ncccn2)c1. The molecule has 1 heterocycles. The summed E-state index contributed by atoms with van der Waals surface area (Å²) in [6, 6.07) is 8.38. The maximum Gasteiger partial charge on any atom is 0.132 e. The molecule has 0 saturated carbocycles. The summed E-state index contributed by atoms with van der Waals surface area (Å²) in [6.07, 6.45) is 4.37. The van der Waals surface area contributed by atoms with E-state index in [1.54, 1.807) is 12.4 Å². The van der Waals surface area contributed by atoms with Crippen LogP contribution >= 0.6 is 0 Å². The fourth-order valence-corrected chi connectivity index (χ4v) is 1.77. The van der Waals surface area contributed by atoms with Gasteiger partial charge in [0.25, 0.3) is 0 Å². The number of rotatable bonds is 2. The van der Waals surface area contributed by atoms with E-state index >= 15 is 0 Å². The fourth-order valence-electron chi connectivity index (χ4n) is 1.77. The standard InChI is InChI=1S/C13H14N2/c1-10-6-11(2)8-12(7-10)9-13-14-4-3-5-15-13/h3-8H,9H2,1-2H3. The molecule has 2 heteroatoms. The average molecular weight is 198 g/mol. The zero-order valence-corrected chi connectivity index (χ0v) is 9.07. The van der Waals surface area contributed by atoms with Gasteiger partial charge in [-0.25, -0.2) is 9.97 Å². The smallest absolute Gasteiger partial charge is 0.132 e. The summed E-state index contributed by atoms with van der Waals surface area (Å²) >= 11 is 0. The quantitative estimate of drug-likeness (QED) is 0.741. The second kappa shape index (κ2) is 4.22. The Morgan fingerprint density at radius 3 is 2.13 bits per heavy atom. The van der Waals surface area contributed by atoms with Gasteiger partial charge in [-0.15, -0.1) is 0 Å². The van der Waals surface area contributed by atoms with Crippen LogP contribution in [0.3, 0.4) is 0 Å². The van der Waals surface area contributed by atoms with Crippen molar-refractivity contribution in [2.75, 3.05) is 0 Å². The third-order valence-electron chi connectivity index (χ3n) is 2.26. The summed E-state index contributed by atoms with van der Waals surface area (Å²) in [6.45, 7) is 4.23. The molecule has 0 amide bonds. The molecule has 0 fully saturated rings. The molecule has 0 bridgehead atoms. The average Bonchev–Trinajstić information content (AvgIpc) is 2.17. The van der Waals surface area contributed by atoms with Gasteiger partial charge >= 0.3 is 0 Å². The highest BCUT2D eigenvalue weighted by Crippen LogP contribution is 2.11. The van der Waals surface area contributed by atoms with Gasteiger partial charge in [-0.3, -0.25) is 0 Å². The Kier molecular flexibility index (Phi) is 2.77. The van der Waals surface area contributed by atoms with Gasteiger partial charge in [0, 0.05) is 18.8 Å². The summed E-state index contributed by atoms with van der Waals surface area (Å²) in [5.74, 6) is 0.877. The highest BCUT2D eigenvalue weighted by molar-refractivity contribution is 5.30. The van der Waals surface area contributed by atoms with Crippen LogP contribution < -0.4 is 0 Å². The Morgan fingerprint density at radius 2 is 1.53 bits per heavy atom. The summed E-state index contributed by atoms with van der Waals surface area (Å²) in [7, 11) is 0. The van der Waals surface area contributed by atoms with Gasteiger partial charge in [0.2, 0.25) is 0 Å². The van der Waals surface area contributed by atoms with Gasteiger partial charge in [-0.05, 0) is 25.5 Å². The van der Waals surface area contributed by atoms with E-state index in [9.17, 15) is 0 Å². The van der Waals surface area contributed by atoms with E-state index in [2.05, 4.69) is 42.0 Å². The van der Waals surface area contributed by atoms with E-state index in [1.807, 2.05) is 6.07 Å². The number of aromatic nitrogens is 2. The van der Waals surface area contributed by atoms with Gasteiger partial charge in [-0.2, -0.15) is 0 Å². The molecule has 0 atom stereocenters. The number of aryl methyl sites for hydroxylation is 2. The molecule has 0 radical (unpaired) electrons. The minimum absolute atomic E-state index is 0.809. The van der Waals surface area contributed by atoms with E-state index in [0.717, 1.165) is 12.2 Å². The van der Waals surface area contributed by atoms with Crippen molar-refractivity contribution in [1.82, 2.24) is 9.97 Å². The highest BCUT2D eigenvalue weighted by Gasteiger charge is 1.99. The van der Waals surface area contributed by atoms with Crippen LogP contribution in [0.4, 0.5) is 0 Å². The van der Waals surface area contributed by atoms with E-state index in [1.165, 1.54) is 16.7 Å². The predicted molar refractivity (Wildman–Crippen MR) is 60.8 cm³/mol. The number of nitrogens with zero attached hydrogens (tertiary/aromatic N) is 2. The highest BCUT2D eigenvalue weighted by atomic mass is 14.8. The molecule has 0 aliphatic rings. The normalized spacial score (nSPS) is 10.3. The second-order valence-electron chi connectivity index (χ2n) is 3.84. The van der Waals surface area contributed by atoms with Crippen LogP contribution in [0.25, 0.3) is 0 Å². The van der Waals surface area contributed by atoms with E-state index in [-0.39, 0.29) is 0 Å². The first-order chi connectivity index (χ1) is 7.24. The van der Waals surface area contributed by atoms with Crippen LogP contribution in [0, 0.1) is 13.8 Å². The van der Waals surface area contributed by atoms with E-state index in [0.29, 0.717) is 0 Å². The molecule has 1 aromatic carbocycles. The van der Waals surface area contributed by atoms with Gasteiger partial charge in [-0.1, -0.05) is 29.3 Å². The minimum atomic E-state index is 0.809. The summed E-state index contributed by atoms with van der Waals surface area (Å²) < 4.78 is 0. The molecule has 2 aromatic rings. The molecule has 0 spiro atoms. The lowest BCUT2D eigenvalue weighted by Gasteiger charge is -2.03. The van der Waals surface area contributed by atoms with E-state index < -0.39 is 0 Å². The van der Waals surface area contributed by atoms with Gasteiger partial charge in [0.1, 0.15) is 5.82 Å². The molecule has 0 aliphatic heterocycles. The Bertz CT molecular complexity index is 429. The second-order valence-corrected chi connectivity index (χ2v) is 3.84. The summed E-state index contributed by atoms with van der Waals surface area (Å²) in [4.78, 5) is 8.44. The molecule has 0 N–H and O–H groups in total. The van der Waals surface area contributed by atoms with Gasteiger partial charge in [0.15, 0.2) is 0 Å². The van der Waals surface area contributed by atoms with Crippen LogP contribution in [-0.4, -0.2) is 9.97 Å². The van der Waals surface area contributed by atoms with Crippen LogP contribution in [0.2, 0.25) is 0 Å². The molecule has 0 saturated heterocycles. The van der Waals surface area contributed by atoms with Crippen molar-refractivity contribution in [3.8, 4) is 0 Å². The van der Waals surface area contributed by atoms with Crippen LogP contribution in [0.15, 0.2) is 36.7 Å². The lowest BCUT2D eigenvalue weighted by atomic mass is 10.0. The number of hydrogen-bond acceptors (Lipinski definition) is 2. The van der Waals surface area contributed by atoms with Crippen molar-refractivity contribution in [2.45, 2.75) is 20.3 Å². The topological polar surface area (TPSA) is 25.8 Å². The van der Waals surface area contributed by atoms with Crippen molar-refractivity contribution < 1.29 is 0 Å². The van der Waals surface area contributed by atoms with Crippen LogP contribution in [0.1, 0.15) is 22.5 Å². The Labute approximate surface area is 90.0 Å². The first kappa shape index (κ1) is 9.84. The zero-order valence-electron chi connectivity index (χ0n) is 9.07. The maximum atomic E-state index is 4.22. The van der Waals surface area contributed by atoms with Crippen molar-refractivity contribution >= 4 is 0 Å². The third kappa shape index (κ3) is 2.62. The Hall–Kier alpha value is -1.70. The van der Waals surface area contributed by atoms with Gasteiger partial charge in [0.05, 0.1) is 0 Å². The van der Waals surface area contributed by atoms with Crippen LogP contribution in [-0.2, 0) is 6.42 Å². The summed E-state index contributed by atoms with van der Waals surface area (Å²) in [5, 5.41) is 0. The molecule has 2 rings (SSSR count). The maximum absolute atomic E-state index is 4.22. The van der Waals surface area contributed by atoms with Crippen molar-refractivity contribution in [3.05, 3.63) is 59.2 Å². The largest absolute Gasteiger partial charge is 0.241 e. The third-order valence-corrected chi connectivity index (χ3v) is 2.26. The minimum Gasteiger partial charge on any atom is -0.241 e. The van der Waals surface area contributed by atoms with Gasteiger partial charge < -0.3 is 0 Å². The van der Waals surface area contributed by atoms with E-state index in [4.69, 9.17) is 0 Å². The first-order valence-electron chi connectivity index (χ1n) is 5.07. The molecular formula is C13H14N2. The lowest BCUT2D eigenvalue weighted by molar-refractivity contribution is 0.965. The van der Waals surface area contributed by atoms with Crippen molar-refractivity contribution in [2.24, 2.45) is 0 Å². The number of benzene rings is 1. The Balaban J connectivity index is 2.25. The molecule has 1 aromatic heterocycles. The van der Waals surface area contributed by atoms with Crippen molar-refractivity contribution in [1.29, 1.82) is 0 Å². The molecule has 15 heavy (non-hydrogen) atoms. The molecule has 0 unspecified atom stereocenters. The Morgan fingerprint density at radius 1 is 0.933 bits per heavy atom. The van der Waals surface area contributed by atoms with Crippen LogP contribution in [0.5, 0.6) is 0 Å². The molecule has 0 aliphatic carbocycles. The monoisotopic (exact) mass is 198 g/mol. The first-order valence-corrected chi connectivity index (χ1v) is 5.07. The molecule has 76 valence electrons. The fraction of sp³-hybridized carbons (Fsp3) is 0.231. The molecular weight excluding hydrogens is 184 g/mol. The summed E-state index contributed by atoms with van der Waals surface area (Å²) in [5.41, 5.74) is 3.86. The number of hydrogen-bond donors (Lipinski definition) is 0. The zero-order chi connectivity index (χ0) is 10.7. The predicted octanol–water partition coefficient (Wildman–Crippen LogP) is 2.68. The lowest BCUT2D eigenvalue weighted by Crippen LogP contribution is -1.95. The van der Waals surface area contributed by atoms with Crippen molar-refractivity contribution in [3.63, 3.8) is 0 Å². The molecule has 2 nitrogen and oxygen atoms in total.